The van der Waals surface area contributed by atoms with Gasteiger partial charge in [0.15, 0.2) is 0 Å². The molecule has 0 aliphatic heterocycles. The highest BCUT2D eigenvalue weighted by atomic mass is 16.1. The maximum atomic E-state index is 11.7. The summed E-state index contributed by atoms with van der Waals surface area (Å²) in [4.78, 5) is 11.7. The van der Waals surface area contributed by atoms with Crippen molar-refractivity contribution in [3.8, 4) is 6.07 Å². The van der Waals surface area contributed by atoms with E-state index < -0.39 is 5.91 Å². The minimum absolute atomic E-state index is 0.426. The highest BCUT2D eigenvalue weighted by Gasteiger charge is 2.14. The van der Waals surface area contributed by atoms with E-state index >= 15 is 0 Å². The minimum Gasteiger partial charge on any atom is -0.365 e. The SMILES string of the molecule is N#Cc1ccc(Cc2nn(Cc3ccccc3)cc2C(N)=O)cc1. The Morgan fingerprint density at radius 2 is 1.79 bits per heavy atom. The van der Waals surface area contributed by atoms with Crippen LogP contribution in [-0.2, 0) is 13.0 Å². The molecular formula is C19H16N4O. The van der Waals surface area contributed by atoms with Crippen molar-refractivity contribution >= 4 is 5.91 Å². The van der Waals surface area contributed by atoms with Gasteiger partial charge in [0.2, 0.25) is 0 Å². The third kappa shape index (κ3) is 3.50. The maximum Gasteiger partial charge on any atom is 0.252 e. The van der Waals surface area contributed by atoms with Gasteiger partial charge in [-0.3, -0.25) is 9.48 Å². The van der Waals surface area contributed by atoms with Gasteiger partial charge in [0.25, 0.3) is 5.91 Å². The molecule has 2 aromatic carbocycles. The van der Waals surface area contributed by atoms with Crippen molar-refractivity contribution in [3.63, 3.8) is 0 Å². The molecule has 24 heavy (non-hydrogen) atoms. The summed E-state index contributed by atoms with van der Waals surface area (Å²) in [5, 5.41) is 13.4. The Balaban J connectivity index is 1.86. The predicted octanol–water partition coefficient (Wildman–Crippen LogP) is 2.49. The molecule has 0 aliphatic carbocycles. The number of hydrogen-bond donors (Lipinski definition) is 1. The first-order valence-electron chi connectivity index (χ1n) is 7.55. The lowest BCUT2D eigenvalue weighted by Gasteiger charge is -2.02. The molecule has 0 atom stereocenters. The van der Waals surface area contributed by atoms with Gasteiger partial charge in [0.05, 0.1) is 29.4 Å². The van der Waals surface area contributed by atoms with E-state index in [-0.39, 0.29) is 0 Å². The zero-order valence-corrected chi connectivity index (χ0v) is 13.0. The Hall–Kier alpha value is -3.39. The maximum absolute atomic E-state index is 11.7. The lowest BCUT2D eigenvalue weighted by molar-refractivity contribution is 0.0999. The van der Waals surface area contributed by atoms with Gasteiger partial charge in [0, 0.05) is 12.6 Å². The van der Waals surface area contributed by atoms with Crippen LogP contribution in [-0.4, -0.2) is 15.7 Å². The average molecular weight is 316 g/mol. The first-order valence-corrected chi connectivity index (χ1v) is 7.55. The van der Waals surface area contributed by atoms with Crippen molar-refractivity contribution in [2.24, 2.45) is 5.73 Å². The van der Waals surface area contributed by atoms with Gasteiger partial charge in [0.1, 0.15) is 0 Å². The number of nitrogens with zero attached hydrogens (tertiary/aromatic N) is 3. The summed E-state index contributed by atoms with van der Waals surface area (Å²) in [6.45, 7) is 0.578. The minimum atomic E-state index is -0.488. The summed E-state index contributed by atoms with van der Waals surface area (Å²) >= 11 is 0. The van der Waals surface area contributed by atoms with Crippen LogP contribution in [0.2, 0.25) is 0 Å². The van der Waals surface area contributed by atoms with E-state index in [0.717, 1.165) is 11.1 Å². The van der Waals surface area contributed by atoms with Crippen molar-refractivity contribution < 1.29 is 4.79 Å². The van der Waals surface area contributed by atoms with E-state index in [2.05, 4.69) is 11.2 Å². The third-order valence-electron chi connectivity index (χ3n) is 3.75. The van der Waals surface area contributed by atoms with Crippen molar-refractivity contribution in [2.45, 2.75) is 13.0 Å². The Kier molecular flexibility index (Phi) is 4.39. The first-order chi connectivity index (χ1) is 11.7. The number of amides is 1. The molecule has 0 fully saturated rings. The van der Waals surface area contributed by atoms with E-state index in [9.17, 15) is 4.79 Å². The zero-order chi connectivity index (χ0) is 16.9. The van der Waals surface area contributed by atoms with Crippen molar-refractivity contribution in [1.29, 1.82) is 5.26 Å². The standard InChI is InChI=1S/C19H16N4O/c20-11-15-8-6-14(7-9-15)10-18-17(19(21)24)13-23(22-18)12-16-4-2-1-3-5-16/h1-9,13H,10,12H2,(H2,21,24). The number of hydrogen-bond acceptors (Lipinski definition) is 3. The Bertz CT molecular complexity index is 889. The Morgan fingerprint density at radius 1 is 1.08 bits per heavy atom. The number of benzene rings is 2. The molecule has 118 valence electrons. The van der Waals surface area contributed by atoms with Crippen molar-refractivity contribution in [3.05, 3.63) is 88.7 Å². The largest absolute Gasteiger partial charge is 0.365 e. The molecule has 0 spiro atoms. The van der Waals surface area contributed by atoms with E-state index in [0.29, 0.717) is 29.8 Å². The van der Waals surface area contributed by atoms with Crippen molar-refractivity contribution in [1.82, 2.24) is 9.78 Å². The van der Waals surface area contributed by atoms with Crippen LogP contribution < -0.4 is 5.73 Å². The van der Waals surface area contributed by atoms with E-state index in [1.54, 1.807) is 23.0 Å². The number of nitrogens with two attached hydrogens (primary N) is 1. The lowest BCUT2D eigenvalue weighted by Crippen LogP contribution is -2.12. The lowest BCUT2D eigenvalue weighted by atomic mass is 10.1. The van der Waals surface area contributed by atoms with Gasteiger partial charge in [-0.2, -0.15) is 10.4 Å². The molecule has 0 saturated heterocycles. The third-order valence-corrected chi connectivity index (χ3v) is 3.75. The summed E-state index contributed by atoms with van der Waals surface area (Å²) in [6.07, 6.45) is 2.18. The summed E-state index contributed by atoms with van der Waals surface area (Å²) in [5.41, 5.74) is 9.23. The molecule has 1 aromatic heterocycles. The Morgan fingerprint density at radius 3 is 2.42 bits per heavy atom. The molecule has 0 saturated carbocycles. The van der Waals surface area contributed by atoms with Crippen LogP contribution in [0.25, 0.3) is 0 Å². The molecule has 0 aliphatic rings. The topological polar surface area (TPSA) is 84.7 Å². The molecule has 0 radical (unpaired) electrons. The molecule has 1 amide bonds. The van der Waals surface area contributed by atoms with Crippen LogP contribution >= 0.6 is 0 Å². The second-order valence-corrected chi connectivity index (χ2v) is 5.52. The highest BCUT2D eigenvalue weighted by Crippen LogP contribution is 2.14. The summed E-state index contributed by atoms with van der Waals surface area (Å²) in [5.74, 6) is -0.488. The van der Waals surface area contributed by atoms with Crippen LogP contribution in [0.3, 0.4) is 0 Å². The molecular weight excluding hydrogens is 300 g/mol. The number of carbonyl (C=O) groups is 1. The molecule has 1 heterocycles. The van der Waals surface area contributed by atoms with Gasteiger partial charge in [-0.1, -0.05) is 42.5 Å². The van der Waals surface area contributed by atoms with E-state index in [4.69, 9.17) is 11.0 Å². The molecule has 0 unspecified atom stereocenters. The number of aromatic nitrogens is 2. The van der Waals surface area contributed by atoms with Crippen LogP contribution in [0, 0.1) is 11.3 Å². The second kappa shape index (κ2) is 6.80. The number of primary amides is 1. The van der Waals surface area contributed by atoms with Crippen LogP contribution in [0.15, 0.2) is 60.8 Å². The first kappa shape index (κ1) is 15.5. The summed E-state index contributed by atoms with van der Waals surface area (Å²) in [7, 11) is 0. The number of nitriles is 1. The van der Waals surface area contributed by atoms with Gasteiger partial charge in [-0.05, 0) is 23.3 Å². The molecule has 2 N–H and O–H groups in total. The normalized spacial score (nSPS) is 10.3. The Labute approximate surface area is 140 Å². The monoisotopic (exact) mass is 316 g/mol. The van der Waals surface area contributed by atoms with Crippen LogP contribution in [0.4, 0.5) is 0 Å². The quantitative estimate of drug-likeness (QED) is 0.784. The fraction of sp³-hybridized carbons (Fsp3) is 0.105. The number of rotatable bonds is 5. The van der Waals surface area contributed by atoms with Gasteiger partial charge in [-0.25, -0.2) is 0 Å². The summed E-state index contributed by atoms with van der Waals surface area (Å²) < 4.78 is 1.73. The molecule has 5 heteroatoms. The van der Waals surface area contributed by atoms with Gasteiger partial charge in [-0.15, -0.1) is 0 Å². The zero-order valence-electron chi connectivity index (χ0n) is 13.0. The molecule has 5 nitrogen and oxygen atoms in total. The molecule has 0 bridgehead atoms. The smallest absolute Gasteiger partial charge is 0.252 e. The molecule has 3 aromatic rings. The van der Waals surface area contributed by atoms with E-state index in [1.807, 2.05) is 42.5 Å². The van der Waals surface area contributed by atoms with E-state index in [1.165, 1.54) is 0 Å². The van der Waals surface area contributed by atoms with Gasteiger partial charge < -0.3 is 5.73 Å². The van der Waals surface area contributed by atoms with Crippen LogP contribution in [0.5, 0.6) is 0 Å². The fourth-order valence-corrected chi connectivity index (χ4v) is 2.54. The second-order valence-electron chi connectivity index (χ2n) is 5.52. The fourth-order valence-electron chi connectivity index (χ4n) is 2.54. The van der Waals surface area contributed by atoms with Gasteiger partial charge >= 0.3 is 0 Å². The average Bonchev–Trinajstić information content (AvgIpc) is 2.99. The molecule has 3 rings (SSSR count). The highest BCUT2D eigenvalue weighted by molar-refractivity contribution is 5.93. The predicted molar refractivity (Wildman–Crippen MR) is 90.3 cm³/mol. The van der Waals surface area contributed by atoms with Crippen molar-refractivity contribution in [2.75, 3.05) is 0 Å². The van der Waals surface area contributed by atoms with Crippen LogP contribution in [0.1, 0.15) is 32.7 Å². The number of carbonyl (C=O) groups excluding carboxylic acids is 1. The summed E-state index contributed by atoms with van der Waals surface area (Å²) in [6, 6.07) is 19.2.